The van der Waals surface area contributed by atoms with Crippen molar-refractivity contribution < 1.29 is 14.2 Å². The van der Waals surface area contributed by atoms with Gasteiger partial charge in [-0.25, -0.2) is 5.01 Å². The van der Waals surface area contributed by atoms with E-state index in [1.807, 2.05) is 41.4 Å². The summed E-state index contributed by atoms with van der Waals surface area (Å²) in [5, 5.41) is 7.72. The molecule has 2 aliphatic heterocycles. The minimum Gasteiger partial charge on any atom is -0.493 e. The van der Waals surface area contributed by atoms with Gasteiger partial charge in [-0.3, -0.25) is 0 Å². The number of halogens is 1. The van der Waals surface area contributed by atoms with E-state index in [-0.39, 0.29) is 6.04 Å². The summed E-state index contributed by atoms with van der Waals surface area (Å²) >= 11 is 6.33. The van der Waals surface area contributed by atoms with Gasteiger partial charge in [-0.1, -0.05) is 47.5 Å². The lowest BCUT2D eigenvalue weighted by atomic mass is 9.95. The van der Waals surface area contributed by atoms with Gasteiger partial charge in [0.05, 0.1) is 31.5 Å². The molecular formula is C25H23ClN2O3. The molecule has 0 radical (unpaired) electrons. The van der Waals surface area contributed by atoms with Gasteiger partial charge in [-0.05, 0) is 42.8 Å². The van der Waals surface area contributed by atoms with E-state index in [0.29, 0.717) is 16.5 Å². The molecule has 31 heavy (non-hydrogen) atoms. The molecule has 158 valence electrons. The van der Waals surface area contributed by atoms with E-state index >= 15 is 0 Å². The summed E-state index contributed by atoms with van der Waals surface area (Å²) in [5.74, 6) is 2.11. The van der Waals surface area contributed by atoms with Crippen LogP contribution in [0.1, 0.15) is 40.9 Å². The SMILES string of the molecule is COc1cccc([C@H]2Oc3ccc(Cl)cc3[C@H]3CC(c4ccc(C)cc4)=NN32)c1OC. The van der Waals surface area contributed by atoms with E-state index in [1.54, 1.807) is 14.2 Å². The summed E-state index contributed by atoms with van der Waals surface area (Å²) in [6.45, 7) is 2.08. The average molecular weight is 435 g/mol. The molecule has 2 heterocycles. The first-order valence-electron chi connectivity index (χ1n) is 10.2. The van der Waals surface area contributed by atoms with Crippen molar-refractivity contribution in [2.45, 2.75) is 25.6 Å². The Balaban J connectivity index is 1.64. The Kier molecular flexibility index (Phi) is 4.98. The second kappa shape index (κ2) is 7.82. The lowest BCUT2D eigenvalue weighted by molar-refractivity contribution is -0.0205. The largest absolute Gasteiger partial charge is 0.493 e. The van der Waals surface area contributed by atoms with Crippen molar-refractivity contribution in [2.75, 3.05) is 14.2 Å². The van der Waals surface area contributed by atoms with E-state index in [9.17, 15) is 0 Å². The van der Waals surface area contributed by atoms with Crippen LogP contribution in [0.2, 0.25) is 5.02 Å². The van der Waals surface area contributed by atoms with Crippen LogP contribution in [-0.2, 0) is 0 Å². The van der Waals surface area contributed by atoms with Crippen molar-refractivity contribution in [2.24, 2.45) is 5.10 Å². The number of methoxy groups -OCH3 is 2. The first-order chi connectivity index (χ1) is 15.1. The fourth-order valence-corrected chi connectivity index (χ4v) is 4.47. The Labute approximate surface area is 186 Å². The van der Waals surface area contributed by atoms with Crippen LogP contribution in [0.5, 0.6) is 17.2 Å². The molecule has 0 bridgehead atoms. The Morgan fingerprint density at radius 2 is 1.81 bits per heavy atom. The molecule has 5 nitrogen and oxygen atoms in total. The predicted octanol–water partition coefficient (Wildman–Crippen LogP) is 5.91. The molecule has 3 aromatic rings. The van der Waals surface area contributed by atoms with Gasteiger partial charge in [0.15, 0.2) is 11.5 Å². The Morgan fingerprint density at radius 1 is 1.00 bits per heavy atom. The van der Waals surface area contributed by atoms with Gasteiger partial charge in [0.25, 0.3) is 0 Å². The number of benzene rings is 3. The van der Waals surface area contributed by atoms with Crippen LogP contribution in [0.4, 0.5) is 0 Å². The number of hydrazone groups is 1. The normalized spacial score (nSPS) is 19.2. The van der Waals surface area contributed by atoms with Crippen molar-refractivity contribution in [1.82, 2.24) is 5.01 Å². The predicted molar refractivity (Wildman–Crippen MR) is 121 cm³/mol. The highest BCUT2D eigenvalue weighted by Gasteiger charge is 2.42. The molecule has 0 saturated carbocycles. The maximum atomic E-state index is 6.46. The fourth-order valence-electron chi connectivity index (χ4n) is 4.29. The smallest absolute Gasteiger partial charge is 0.217 e. The number of hydrogen-bond donors (Lipinski definition) is 0. The minimum atomic E-state index is -0.452. The quantitative estimate of drug-likeness (QED) is 0.512. The first kappa shape index (κ1) is 19.8. The fraction of sp³-hybridized carbons (Fsp3) is 0.240. The minimum absolute atomic E-state index is 0.0136. The lowest BCUT2D eigenvalue weighted by Gasteiger charge is -2.38. The van der Waals surface area contributed by atoms with Gasteiger partial charge in [-0.15, -0.1) is 0 Å². The molecule has 0 aliphatic carbocycles. The van der Waals surface area contributed by atoms with Gasteiger partial charge in [0.1, 0.15) is 5.75 Å². The third-order valence-electron chi connectivity index (χ3n) is 5.84. The highest BCUT2D eigenvalue weighted by Crippen LogP contribution is 2.50. The maximum absolute atomic E-state index is 6.46. The molecule has 0 fully saturated rings. The summed E-state index contributed by atoms with van der Waals surface area (Å²) in [7, 11) is 3.27. The number of hydrogen-bond acceptors (Lipinski definition) is 5. The Bertz CT molecular complexity index is 1160. The van der Waals surface area contributed by atoms with Crippen molar-refractivity contribution >= 4 is 17.3 Å². The molecule has 0 saturated heterocycles. The molecule has 2 aliphatic rings. The molecule has 0 amide bonds. The Morgan fingerprint density at radius 3 is 2.55 bits per heavy atom. The molecular weight excluding hydrogens is 412 g/mol. The zero-order valence-electron chi connectivity index (χ0n) is 17.6. The van der Waals surface area contributed by atoms with Gasteiger partial charge in [0.2, 0.25) is 6.23 Å². The highest BCUT2D eigenvalue weighted by molar-refractivity contribution is 6.30. The van der Waals surface area contributed by atoms with Crippen LogP contribution in [-0.4, -0.2) is 24.9 Å². The third-order valence-corrected chi connectivity index (χ3v) is 6.07. The van der Waals surface area contributed by atoms with Gasteiger partial charge in [0, 0.05) is 17.0 Å². The summed E-state index contributed by atoms with van der Waals surface area (Å²) in [6, 6.07) is 20.0. The van der Waals surface area contributed by atoms with Crippen molar-refractivity contribution in [3.63, 3.8) is 0 Å². The monoisotopic (exact) mass is 434 g/mol. The van der Waals surface area contributed by atoms with Crippen LogP contribution in [0.3, 0.4) is 0 Å². The number of para-hydroxylation sites is 1. The van der Waals surface area contributed by atoms with Crippen molar-refractivity contribution in [3.8, 4) is 17.2 Å². The third kappa shape index (κ3) is 3.39. The molecule has 2 atom stereocenters. The van der Waals surface area contributed by atoms with Crippen LogP contribution < -0.4 is 14.2 Å². The zero-order valence-corrected chi connectivity index (χ0v) is 18.4. The number of nitrogens with zero attached hydrogens (tertiary/aromatic N) is 2. The Hall–Kier alpha value is -3.18. The number of ether oxygens (including phenoxy) is 3. The molecule has 0 N–H and O–H groups in total. The van der Waals surface area contributed by atoms with Crippen molar-refractivity contribution in [3.05, 3.63) is 87.9 Å². The van der Waals surface area contributed by atoms with Crippen LogP contribution in [0.15, 0.2) is 65.8 Å². The van der Waals surface area contributed by atoms with E-state index in [0.717, 1.165) is 34.6 Å². The van der Waals surface area contributed by atoms with Gasteiger partial charge >= 0.3 is 0 Å². The first-order valence-corrected chi connectivity index (χ1v) is 10.6. The van der Waals surface area contributed by atoms with Crippen LogP contribution in [0.25, 0.3) is 0 Å². The van der Waals surface area contributed by atoms with Crippen LogP contribution >= 0.6 is 11.6 Å². The van der Waals surface area contributed by atoms with E-state index in [2.05, 4.69) is 31.2 Å². The molecule has 0 spiro atoms. The lowest BCUT2D eigenvalue weighted by Crippen LogP contribution is -2.34. The molecule has 0 unspecified atom stereocenters. The molecule has 5 rings (SSSR count). The van der Waals surface area contributed by atoms with Gasteiger partial charge in [-0.2, -0.15) is 5.10 Å². The number of rotatable bonds is 4. The maximum Gasteiger partial charge on any atom is 0.217 e. The number of aryl methyl sites for hydroxylation is 1. The second-order valence-corrected chi connectivity index (χ2v) is 8.18. The van der Waals surface area contributed by atoms with E-state index < -0.39 is 6.23 Å². The standard InChI is InChI=1S/C25H23ClN2O3/c1-15-7-9-16(10-8-15)20-14-21-19-13-17(26)11-12-22(19)31-25(28(21)27-20)18-5-4-6-23(29-2)24(18)30-3/h4-13,21,25H,14H2,1-3H3/t21-,25-/m1/s1. The molecule has 6 heteroatoms. The molecule has 3 aromatic carbocycles. The molecule has 0 aromatic heterocycles. The zero-order chi connectivity index (χ0) is 21.5. The number of fused-ring (bicyclic) bond motifs is 3. The summed E-state index contributed by atoms with van der Waals surface area (Å²) in [5.41, 5.74) is 5.26. The van der Waals surface area contributed by atoms with E-state index in [1.165, 1.54) is 5.56 Å². The summed E-state index contributed by atoms with van der Waals surface area (Å²) in [6.07, 6.45) is 0.314. The van der Waals surface area contributed by atoms with E-state index in [4.69, 9.17) is 30.9 Å². The van der Waals surface area contributed by atoms with Crippen LogP contribution in [0, 0.1) is 6.92 Å². The van der Waals surface area contributed by atoms with Crippen molar-refractivity contribution in [1.29, 1.82) is 0 Å². The highest BCUT2D eigenvalue weighted by atomic mass is 35.5. The second-order valence-electron chi connectivity index (χ2n) is 7.75. The van der Waals surface area contributed by atoms with Gasteiger partial charge < -0.3 is 14.2 Å². The average Bonchev–Trinajstić information content (AvgIpc) is 3.24. The summed E-state index contributed by atoms with van der Waals surface area (Å²) < 4.78 is 17.7. The summed E-state index contributed by atoms with van der Waals surface area (Å²) in [4.78, 5) is 0. The topological polar surface area (TPSA) is 43.3 Å².